The van der Waals surface area contributed by atoms with Gasteiger partial charge in [-0.05, 0) is 63.2 Å². The molecule has 0 saturated carbocycles. The summed E-state index contributed by atoms with van der Waals surface area (Å²) in [5.74, 6) is 1.00. The van der Waals surface area contributed by atoms with Gasteiger partial charge in [-0.15, -0.1) is 0 Å². The molecule has 1 fully saturated rings. The summed E-state index contributed by atoms with van der Waals surface area (Å²) in [6.45, 7) is 14.3. The number of fused-ring (bicyclic) bond motifs is 1. The summed E-state index contributed by atoms with van der Waals surface area (Å²) < 4.78 is 31.8. The van der Waals surface area contributed by atoms with E-state index in [-0.39, 0.29) is 11.6 Å². The lowest BCUT2D eigenvalue weighted by molar-refractivity contribution is 0.131. The van der Waals surface area contributed by atoms with E-state index in [0.29, 0.717) is 22.4 Å². The molecule has 36 heavy (non-hydrogen) atoms. The van der Waals surface area contributed by atoms with E-state index in [9.17, 15) is 8.78 Å². The number of aryl methyl sites for hydroxylation is 1. The highest BCUT2D eigenvalue weighted by atomic mass is 19.1. The molecular weight excluding hydrogens is 460 g/mol. The maximum atomic E-state index is 15.0. The minimum absolute atomic E-state index is 0.0988. The molecule has 0 bridgehead atoms. The van der Waals surface area contributed by atoms with Crippen LogP contribution in [0.2, 0.25) is 0 Å². The maximum absolute atomic E-state index is 15.0. The Labute approximate surface area is 210 Å². The Morgan fingerprint density at radius 2 is 1.78 bits per heavy atom. The first-order valence-electron chi connectivity index (χ1n) is 12.6. The van der Waals surface area contributed by atoms with Gasteiger partial charge in [0.15, 0.2) is 5.82 Å². The number of halogens is 2. The third kappa shape index (κ3) is 4.85. The molecule has 1 aliphatic rings. The quantitative estimate of drug-likeness (QED) is 0.357. The normalized spacial score (nSPS) is 15.3. The van der Waals surface area contributed by atoms with Gasteiger partial charge in [0.05, 0.1) is 11.7 Å². The van der Waals surface area contributed by atoms with E-state index in [0.717, 1.165) is 56.6 Å². The highest BCUT2D eigenvalue weighted by molar-refractivity contribution is 5.84. The third-order valence-corrected chi connectivity index (χ3v) is 6.92. The van der Waals surface area contributed by atoms with E-state index < -0.39 is 11.6 Å². The Hall–Kier alpha value is -3.30. The van der Waals surface area contributed by atoms with Crippen molar-refractivity contribution in [1.29, 1.82) is 0 Å². The summed E-state index contributed by atoms with van der Waals surface area (Å²) in [4.78, 5) is 16.9. The summed E-state index contributed by atoms with van der Waals surface area (Å²) >= 11 is 0. The topological polar surface area (TPSA) is 65.0 Å². The van der Waals surface area contributed by atoms with Crippen LogP contribution < -0.4 is 5.32 Å². The molecule has 4 heterocycles. The number of hydrogen-bond donors (Lipinski definition) is 2. The van der Waals surface area contributed by atoms with E-state index in [1.807, 2.05) is 31.4 Å². The number of benzene rings is 1. The molecule has 0 amide bonds. The highest BCUT2D eigenvalue weighted by Gasteiger charge is 2.18. The predicted molar refractivity (Wildman–Crippen MR) is 139 cm³/mol. The number of aromatic amines is 1. The molecule has 1 aliphatic heterocycles. The van der Waals surface area contributed by atoms with E-state index in [4.69, 9.17) is 0 Å². The number of aromatic nitrogens is 4. The minimum Gasteiger partial charge on any atom is -0.344 e. The summed E-state index contributed by atoms with van der Waals surface area (Å²) in [5.41, 5.74) is 2.78. The fourth-order valence-electron chi connectivity index (χ4n) is 5.05. The van der Waals surface area contributed by atoms with Crippen molar-refractivity contribution in [3.8, 4) is 11.1 Å². The summed E-state index contributed by atoms with van der Waals surface area (Å²) in [7, 11) is 0. The summed E-state index contributed by atoms with van der Waals surface area (Å²) in [6.07, 6.45) is 1.17. The molecule has 0 atom stereocenters. The van der Waals surface area contributed by atoms with Crippen molar-refractivity contribution in [3.05, 3.63) is 59.7 Å². The van der Waals surface area contributed by atoms with Gasteiger partial charge >= 0.3 is 0 Å². The zero-order valence-corrected chi connectivity index (χ0v) is 21.3. The van der Waals surface area contributed by atoms with E-state index in [2.05, 4.69) is 43.1 Å². The molecule has 3 aromatic heterocycles. The second-order valence-electron chi connectivity index (χ2n) is 9.73. The number of imidazole rings is 1. The number of rotatable bonds is 7. The fraction of sp³-hybridized carbons (Fsp3) is 0.407. The first-order valence-corrected chi connectivity index (χ1v) is 12.6. The average Bonchev–Trinajstić information content (AvgIpc) is 3.44. The molecule has 4 aromatic rings. The van der Waals surface area contributed by atoms with Crippen LogP contribution in [0.4, 0.5) is 20.4 Å². The standard InChI is InChI=1S/C27H33F2N7/c1-5-34-8-10-35(11-9-34)16-20-6-7-25(32-20)33-26-14-21(23(29)15-30-26)19-12-22(28)27-24(13-19)36(17(2)3)18(4)31-27/h6-7,12-15,17,32H,5,8-11,16H2,1-4H3,(H,30,33). The number of H-pyrrole nitrogens is 1. The zero-order valence-electron chi connectivity index (χ0n) is 21.3. The SMILES string of the molecule is CCN1CCN(Cc2ccc(Nc3cc(-c4cc(F)c5nc(C)n(C(C)C)c5c4)c(F)cn3)[nH]2)CC1. The van der Waals surface area contributed by atoms with Crippen LogP contribution in [0.25, 0.3) is 22.2 Å². The minimum atomic E-state index is -0.509. The molecule has 5 rings (SSSR count). The van der Waals surface area contributed by atoms with Gasteiger partial charge < -0.3 is 19.8 Å². The van der Waals surface area contributed by atoms with E-state index in [1.165, 1.54) is 12.3 Å². The van der Waals surface area contributed by atoms with Gasteiger partial charge in [0.25, 0.3) is 0 Å². The Balaban J connectivity index is 1.37. The van der Waals surface area contributed by atoms with Crippen LogP contribution in [0, 0.1) is 18.6 Å². The van der Waals surface area contributed by atoms with Crippen molar-refractivity contribution in [3.63, 3.8) is 0 Å². The highest BCUT2D eigenvalue weighted by Crippen LogP contribution is 2.32. The lowest BCUT2D eigenvalue weighted by Gasteiger charge is -2.33. The lowest BCUT2D eigenvalue weighted by atomic mass is 10.0. The number of hydrogen-bond acceptors (Lipinski definition) is 5. The number of piperazine rings is 1. The first kappa shape index (κ1) is 24.4. The maximum Gasteiger partial charge on any atom is 0.151 e. The van der Waals surface area contributed by atoms with Crippen molar-refractivity contribution < 1.29 is 8.78 Å². The number of pyridine rings is 1. The molecule has 0 aliphatic carbocycles. The predicted octanol–water partition coefficient (Wildman–Crippen LogP) is 5.48. The molecule has 1 saturated heterocycles. The van der Waals surface area contributed by atoms with Gasteiger partial charge in [0, 0.05) is 50.0 Å². The molecule has 0 spiro atoms. The van der Waals surface area contributed by atoms with Crippen molar-refractivity contribution in [1.82, 2.24) is 29.3 Å². The van der Waals surface area contributed by atoms with Gasteiger partial charge in [-0.2, -0.15) is 0 Å². The van der Waals surface area contributed by atoms with Gasteiger partial charge in [0.1, 0.15) is 28.8 Å². The summed E-state index contributed by atoms with van der Waals surface area (Å²) in [5, 5.41) is 3.23. The fourth-order valence-corrected chi connectivity index (χ4v) is 5.05. The number of likely N-dealkylation sites (N-methyl/N-ethyl adjacent to an activating group) is 1. The first-order chi connectivity index (χ1) is 17.3. The molecule has 7 nitrogen and oxygen atoms in total. The smallest absolute Gasteiger partial charge is 0.151 e. The molecule has 2 N–H and O–H groups in total. The zero-order chi connectivity index (χ0) is 25.4. The molecule has 0 unspecified atom stereocenters. The van der Waals surface area contributed by atoms with Crippen molar-refractivity contribution >= 4 is 22.7 Å². The Bertz CT molecular complexity index is 1370. The Kier molecular flexibility index (Phi) is 6.77. The van der Waals surface area contributed by atoms with E-state index in [1.54, 1.807) is 12.1 Å². The second kappa shape index (κ2) is 9.99. The monoisotopic (exact) mass is 493 g/mol. The van der Waals surface area contributed by atoms with Crippen LogP contribution in [0.1, 0.15) is 38.3 Å². The molecule has 9 heteroatoms. The Morgan fingerprint density at radius 1 is 1.03 bits per heavy atom. The Morgan fingerprint density at radius 3 is 2.50 bits per heavy atom. The van der Waals surface area contributed by atoms with Gasteiger partial charge in [0.2, 0.25) is 0 Å². The number of nitrogens with zero attached hydrogens (tertiary/aromatic N) is 5. The number of nitrogens with one attached hydrogen (secondary N) is 2. The van der Waals surface area contributed by atoms with E-state index >= 15 is 0 Å². The largest absolute Gasteiger partial charge is 0.344 e. The molecule has 190 valence electrons. The van der Waals surface area contributed by atoms with Gasteiger partial charge in [-0.1, -0.05) is 6.92 Å². The van der Waals surface area contributed by atoms with Crippen LogP contribution in [0.5, 0.6) is 0 Å². The lowest BCUT2D eigenvalue weighted by Crippen LogP contribution is -2.45. The van der Waals surface area contributed by atoms with Crippen LogP contribution in [-0.2, 0) is 6.54 Å². The third-order valence-electron chi connectivity index (χ3n) is 6.92. The van der Waals surface area contributed by atoms with Crippen molar-refractivity contribution in [2.75, 3.05) is 38.0 Å². The molecular formula is C27H33F2N7. The van der Waals surface area contributed by atoms with Crippen LogP contribution in [0.3, 0.4) is 0 Å². The van der Waals surface area contributed by atoms with Crippen LogP contribution in [-0.4, -0.2) is 62.0 Å². The average molecular weight is 494 g/mol. The second-order valence-corrected chi connectivity index (χ2v) is 9.73. The summed E-state index contributed by atoms with van der Waals surface area (Å²) in [6, 6.07) is 8.86. The van der Waals surface area contributed by atoms with Gasteiger partial charge in [-0.3, -0.25) is 4.90 Å². The van der Waals surface area contributed by atoms with Gasteiger partial charge in [-0.25, -0.2) is 18.7 Å². The van der Waals surface area contributed by atoms with Crippen molar-refractivity contribution in [2.24, 2.45) is 0 Å². The molecule has 0 radical (unpaired) electrons. The molecule has 1 aromatic carbocycles. The van der Waals surface area contributed by atoms with Crippen LogP contribution in [0.15, 0.2) is 36.5 Å². The van der Waals surface area contributed by atoms with Crippen LogP contribution >= 0.6 is 0 Å². The number of anilines is 2. The van der Waals surface area contributed by atoms with Crippen molar-refractivity contribution in [2.45, 2.75) is 40.3 Å².